The zero-order valence-electron chi connectivity index (χ0n) is 5.94. The second-order valence-electron chi connectivity index (χ2n) is 2.25. The molecule has 0 aliphatic rings. The Hall–Kier alpha value is -0.440. The molecule has 0 spiro atoms. The highest BCUT2D eigenvalue weighted by molar-refractivity contribution is 9.09. The average Bonchev–Trinajstić information content (AvgIpc) is 1.85. The number of hydrogen-bond donors (Lipinski definition) is 0. The van der Waals surface area contributed by atoms with Gasteiger partial charge in [0, 0.05) is 10.4 Å². The van der Waals surface area contributed by atoms with Gasteiger partial charge < -0.3 is 0 Å². The molecule has 1 rings (SSSR count). The molecule has 0 amide bonds. The molecule has 0 N–H and O–H groups in total. The van der Waals surface area contributed by atoms with Crippen LogP contribution in [0.3, 0.4) is 0 Å². The largest absolute Gasteiger partial charge is 0.207 e. The van der Waals surface area contributed by atoms with Gasteiger partial charge in [0.05, 0.1) is 0 Å². The minimum Gasteiger partial charge on any atom is -0.207 e. The van der Waals surface area contributed by atoms with Gasteiger partial charge in [0.25, 0.3) is 0 Å². The number of benzene rings is 1. The molecule has 0 saturated heterocycles. The van der Waals surface area contributed by atoms with Gasteiger partial charge in [-0.25, -0.2) is 8.78 Å². The van der Waals surface area contributed by atoms with E-state index in [1.165, 1.54) is 18.2 Å². The maximum Gasteiger partial charge on any atom is 0.130 e. The molecule has 0 aliphatic heterocycles. The monoisotopic (exact) mass is 220 g/mol. The number of hydrogen-bond acceptors (Lipinski definition) is 0. The quantitative estimate of drug-likeness (QED) is 0.637. The predicted octanol–water partition coefficient (Wildman–Crippen LogP) is 3.42. The Bertz CT molecular complexity index is 238. The van der Waals surface area contributed by atoms with Gasteiger partial charge in [0.1, 0.15) is 11.6 Å². The topological polar surface area (TPSA) is 0 Å². The fourth-order valence-corrected chi connectivity index (χ4v) is 1.33. The van der Waals surface area contributed by atoms with Crippen LogP contribution in [0, 0.1) is 11.6 Å². The van der Waals surface area contributed by atoms with Crippen LogP contribution in [-0.2, 0) is 0 Å². The molecular formula is C8H7BrF2. The van der Waals surface area contributed by atoms with Crippen LogP contribution in [0.5, 0.6) is 0 Å². The van der Waals surface area contributed by atoms with Gasteiger partial charge in [-0.2, -0.15) is 0 Å². The lowest BCUT2D eigenvalue weighted by Gasteiger charge is -2.05. The number of rotatable bonds is 1. The summed E-state index contributed by atoms with van der Waals surface area (Å²) in [5.41, 5.74) is 0.0903. The van der Waals surface area contributed by atoms with Crippen molar-refractivity contribution in [1.82, 2.24) is 0 Å². The van der Waals surface area contributed by atoms with Crippen LogP contribution >= 0.6 is 15.9 Å². The summed E-state index contributed by atoms with van der Waals surface area (Å²) in [7, 11) is 0. The Morgan fingerprint density at radius 1 is 1.27 bits per heavy atom. The van der Waals surface area contributed by atoms with E-state index in [0.29, 0.717) is 0 Å². The summed E-state index contributed by atoms with van der Waals surface area (Å²) in [5, 5.41) is 0. The van der Waals surface area contributed by atoms with Crippen LogP contribution in [0.4, 0.5) is 8.78 Å². The molecule has 0 bridgehead atoms. The van der Waals surface area contributed by atoms with Crippen molar-refractivity contribution in [2.75, 3.05) is 0 Å². The van der Waals surface area contributed by atoms with Gasteiger partial charge in [-0.05, 0) is 19.1 Å². The van der Waals surface area contributed by atoms with E-state index in [9.17, 15) is 8.78 Å². The van der Waals surface area contributed by atoms with Gasteiger partial charge in [0.2, 0.25) is 0 Å². The molecule has 0 aliphatic carbocycles. The Labute approximate surface area is 72.4 Å². The van der Waals surface area contributed by atoms with Crippen molar-refractivity contribution in [2.24, 2.45) is 0 Å². The first kappa shape index (κ1) is 8.65. The summed E-state index contributed by atoms with van der Waals surface area (Å²) in [6.45, 7) is 1.68. The highest BCUT2D eigenvalue weighted by atomic mass is 79.9. The summed E-state index contributed by atoms with van der Waals surface area (Å²) in [5.74, 6) is -1.01. The van der Waals surface area contributed by atoms with Gasteiger partial charge >= 0.3 is 0 Å². The van der Waals surface area contributed by atoms with E-state index in [1.807, 2.05) is 0 Å². The maximum atomic E-state index is 12.8. The Morgan fingerprint density at radius 3 is 2.00 bits per heavy atom. The second-order valence-corrected chi connectivity index (χ2v) is 3.62. The van der Waals surface area contributed by atoms with E-state index in [4.69, 9.17) is 0 Å². The second kappa shape index (κ2) is 3.30. The van der Waals surface area contributed by atoms with Crippen LogP contribution < -0.4 is 0 Å². The molecule has 0 heterocycles. The molecule has 11 heavy (non-hydrogen) atoms. The zero-order chi connectivity index (χ0) is 8.43. The van der Waals surface area contributed by atoms with Gasteiger partial charge in [-0.15, -0.1) is 0 Å². The normalized spacial score (nSPS) is 13.1. The van der Waals surface area contributed by atoms with E-state index >= 15 is 0 Å². The van der Waals surface area contributed by atoms with Gasteiger partial charge in [-0.3, -0.25) is 0 Å². The van der Waals surface area contributed by atoms with Gasteiger partial charge in [0.15, 0.2) is 0 Å². The summed E-state index contributed by atoms with van der Waals surface area (Å²) in [6.07, 6.45) is 0. The molecule has 1 atom stereocenters. The SMILES string of the molecule is C[C@H](Br)c1c(F)cccc1F. The third kappa shape index (κ3) is 1.77. The minimum absolute atomic E-state index is 0.0903. The van der Waals surface area contributed by atoms with Crippen molar-refractivity contribution in [3.63, 3.8) is 0 Å². The van der Waals surface area contributed by atoms with Crippen LogP contribution in [0.2, 0.25) is 0 Å². The van der Waals surface area contributed by atoms with Crippen molar-refractivity contribution in [3.05, 3.63) is 35.4 Å². The first-order chi connectivity index (χ1) is 5.13. The lowest BCUT2D eigenvalue weighted by atomic mass is 10.1. The summed E-state index contributed by atoms with van der Waals surface area (Å²) >= 11 is 3.10. The molecule has 0 unspecified atom stereocenters. The van der Waals surface area contributed by atoms with E-state index in [-0.39, 0.29) is 10.4 Å². The van der Waals surface area contributed by atoms with E-state index in [2.05, 4.69) is 15.9 Å². The molecule has 0 nitrogen and oxygen atoms in total. The Morgan fingerprint density at radius 2 is 1.73 bits per heavy atom. The summed E-state index contributed by atoms with van der Waals surface area (Å²) < 4.78 is 25.7. The highest BCUT2D eigenvalue weighted by Gasteiger charge is 2.12. The molecule has 0 saturated carbocycles. The third-order valence-corrected chi connectivity index (χ3v) is 1.86. The molecule has 0 aromatic heterocycles. The smallest absolute Gasteiger partial charge is 0.130 e. The van der Waals surface area contributed by atoms with E-state index in [0.717, 1.165) is 0 Å². The first-order valence-corrected chi connectivity index (χ1v) is 4.12. The molecule has 1 aromatic rings. The fourth-order valence-electron chi connectivity index (χ4n) is 0.891. The maximum absolute atomic E-state index is 12.8. The first-order valence-electron chi connectivity index (χ1n) is 3.21. The number of alkyl halides is 1. The highest BCUT2D eigenvalue weighted by Crippen LogP contribution is 2.26. The standard InChI is InChI=1S/C8H7BrF2/c1-5(9)8-6(10)3-2-4-7(8)11/h2-5H,1H3/t5-/m0/s1. The molecular weight excluding hydrogens is 214 g/mol. The van der Waals surface area contributed by atoms with Crippen LogP contribution in [0.25, 0.3) is 0 Å². The van der Waals surface area contributed by atoms with Crippen molar-refractivity contribution in [1.29, 1.82) is 0 Å². The van der Waals surface area contributed by atoms with Crippen molar-refractivity contribution in [3.8, 4) is 0 Å². The molecule has 3 heteroatoms. The van der Waals surface area contributed by atoms with Crippen molar-refractivity contribution < 1.29 is 8.78 Å². The summed E-state index contributed by atoms with van der Waals surface area (Å²) in [4.78, 5) is -0.288. The van der Waals surface area contributed by atoms with Crippen molar-refractivity contribution >= 4 is 15.9 Å². The van der Waals surface area contributed by atoms with E-state index < -0.39 is 11.6 Å². The van der Waals surface area contributed by atoms with Crippen molar-refractivity contribution in [2.45, 2.75) is 11.8 Å². The van der Waals surface area contributed by atoms with Gasteiger partial charge in [-0.1, -0.05) is 22.0 Å². The summed E-state index contributed by atoms with van der Waals surface area (Å²) in [6, 6.07) is 3.84. The molecule has 1 aromatic carbocycles. The lowest BCUT2D eigenvalue weighted by molar-refractivity contribution is 0.558. The number of halogens is 3. The molecule has 60 valence electrons. The average molecular weight is 221 g/mol. The van der Waals surface area contributed by atoms with Crippen LogP contribution in [0.15, 0.2) is 18.2 Å². The zero-order valence-corrected chi connectivity index (χ0v) is 7.53. The third-order valence-electron chi connectivity index (χ3n) is 1.40. The van der Waals surface area contributed by atoms with Crippen LogP contribution in [0.1, 0.15) is 17.3 Å². The van der Waals surface area contributed by atoms with E-state index in [1.54, 1.807) is 6.92 Å². The Balaban J connectivity index is 3.21. The molecule has 0 radical (unpaired) electrons. The lowest BCUT2D eigenvalue weighted by Crippen LogP contribution is -1.94. The Kier molecular flexibility index (Phi) is 2.60. The van der Waals surface area contributed by atoms with Crippen LogP contribution in [-0.4, -0.2) is 0 Å². The predicted molar refractivity (Wildman–Crippen MR) is 43.7 cm³/mol. The minimum atomic E-state index is -0.505. The fraction of sp³-hybridized carbons (Fsp3) is 0.250. The molecule has 0 fully saturated rings.